The lowest BCUT2D eigenvalue weighted by molar-refractivity contribution is 0.670. The molecular formula is C78H46N6O2S2. The maximum Gasteiger partial charge on any atom is 0.167 e. The largest absolute Gasteiger partial charge is 0.455 e. The number of allylic oxidation sites excluding steroid dienone is 1. The van der Waals surface area contributed by atoms with Crippen LogP contribution in [0.5, 0.6) is 0 Å². The van der Waals surface area contributed by atoms with E-state index in [-0.39, 0.29) is 0 Å². The maximum atomic E-state index is 7.39. The van der Waals surface area contributed by atoms with Crippen LogP contribution in [0.3, 0.4) is 0 Å². The molecule has 1 aliphatic rings. The number of benzene rings is 11. The zero-order valence-corrected chi connectivity index (χ0v) is 48.6. The number of nitrogens with zero attached hydrogens (tertiary/aromatic N) is 6. The van der Waals surface area contributed by atoms with Crippen LogP contribution >= 0.6 is 22.7 Å². The second-order valence-corrected chi connectivity index (χ2v) is 24.5. The third-order valence-electron chi connectivity index (χ3n) is 17.1. The average Bonchev–Trinajstić information content (AvgIpc) is 1.72. The summed E-state index contributed by atoms with van der Waals surface area (Å²) in [4.78, 5) is 32.9. The second kappa shape index (κ2) is 20.3. The molecule has 18 rings (SSSR count). The summed E-state index contributed by atoms with van der Waals surface area (Å²) in [5, 5.41) is 7.66. The van der Waals surface area contributed by atoms with E-state index in [9.17, 15) is 0 Å². The summed E-state index contributed by atoms with van der Waals surface area (Å²) in [7, 11) is 0. The first-order valence-corrected chi connectivity index (χ1v) is 31.1. The lowest BCUT2D eigenvalue weighted by Crippen LogP contribution is -2.01. The van der Waals surface area contributed by atoms with Crippen molar-refractivity contribution < 1.29 is 8.83 Å². The number of rotatable bonds is 9. The minimum atomic E-state index is 0.502. The summed E-state index contributed by atoms with van der Waals surface area (Å²) in [5.74, 6) is 3.23. The predicted octanol–water partition coefficient (Wildman–Crippen LogP) is 21.4. The Balaban J connectivity index is 0.824. The van der Waals surface area contributed by atoms with Gasteiger partial charge in [-0.25, -0.2) is 29.9 Å². The standard InChI is InChI=1S/C78H46N6O2S2/c1-4-19-45(20-5-1)73-79-74(46-21-6-2-7-22-46)83-78(82-73)61-41-40-51(68-59-34-15-29-52(69(59)86-72(61)68)49-39-42-65-62(44-49)53-27-10-12-36-63(53)87-65)48-25-14-26-50(43-48)76-80-75(47-23-8-3-9-24-47)81-77(84-76)60-35-17-33-57-56-32-16-31-55(70(56)85-71(57)60)54-30-18-38-66-67(54)58-28-11-13-37-64(58)88-66/h1-12,14-36,38-44H,13,37H2. The van der Waals surface area contributed by atoms with Crippen molar-refractivity contribution in [1.82, 2.24) is 29.9 Å². The highest BCUT2D eigenvalue weighted by atomic mass is 32.1. The topological polar surface area (TPSA) is 104 Å². The van der Waals surface area contributed by atoms with Gasteiger partial charge in [0.15, 0.2) is 34.9 Å². The molecule has 10 heteroatoms. The zero-order chi connectivity index (χ0) is 57.8. The van der Waals surface area contributed by atoms with E-state index in [0.717, 1.165) is 112 Å². The minimum Gasteiger partial charge on any atom is -0.455 e. The van der Waals surface area contributed by atoms with E-state index in [4.69, 9.17) is 38.7 Å². The number of aromatic nitrogens is 6. The van der Waals surface area contributed by atoms with Crippen LogP contribution in [-0.4, -0.2) is 29.9 Å². The Kier molecular flexibility index (Phi) is 11.6. The predicted molar refractivity (Wildman–Crippen MR) is 362 cm³/mol. The fraction of sp³-hybridized carbons (Fsp3) is 0.0256. The van der Waals surface area contributed by atoms with Gasteiger partial charge >= 0.3 is 0 Å². The van der Waals surface area contributed by atoms with E-state index in [1.807, 2.05) is 114 Å². The van der Waals surface area contributed by atoms with Gasteiger partial charge in [0.25, 0.3) is 0 Å². The first kappa shape index (κ1) is 50.3. The average molecular weight is 1160 g/mol. The molecule has 6 aromatic heterocycles. The molecule has 412 valence electrons. The van der Waals surface area contributed by atoms with E-state index < -0.39 is 0 Å². The molecule has 8 nitrogen and oxygen atoms in total. The molecule has 0 N–H and O–H groups in total. The molecule has 0 radical (unpaired) electrons. The number of thiophene rings is 2. The van der Waals surface area contributed by atoms with Gasteiger partial charge in [0.2, 0.25) is 0 Å². The van der Waals surface area contributed by atoms with Gasteiger partial charge in [-0.2, -0.15) is 0 Å². The number of para-hydroxylation sites is 3. The van der Waals surface area contributed by atoms with Crippen molar-refractivity contribution in [2.75, 3.05) is 0 Å². The summed E-state index contributed by atoms with van der Waals surface area (Å²) in [6.07, 6.45) is 6.73. The molecule has 0 bridgehead atoms. The Morgan fingerprint density at radius 3 is 1.48 bits per heavy atom. The van der Waals surface area contributed by atoms with Gasteiger partial charge in [0.1, 0.15) is 22.3 Å². The zero-order valence-electron chi connectivity index (χ0n) is 47.0. The molecule has 6 heterocycles. The van der Waals surface area contributed by atoms with Gasteiger partial charge in [-0.1, -0.05) is 212 Å². The normalized spacial score (nSPS) is 12.4. The van der Waals surface area contributed by atoms with Crippen LogP contribution in [0.1, 0.15) is 16.9 Å². The van der Waals surface area contributed by atoms with Crippen LogP contribution in [-0.2, 0) is 6.42 Å². The smallest absolute Gasteiger partial charge is 0.167 e. The van der Waals surface area contributed by atoms with E-state index in [2.05, 4.69) is 164 Å². The molecule has 0 unspecified atom stereocenters. The van der Waals surface area contributed by atoms with E-state index in [1.165, 1.54) is 46.3 Å². The summed E-state index contributed by atoms with van der Waals surface area (Å²) < 4.78 is 18.3. The fourth-order valence-corrected chi connectivity index (χ4v) is 15.3. The molecule has 11 aromatic carbocycles. The van der Waals surface area contributed by atoms with Crippen molar-refractivity contribution in [3.05, 3.63) is 259 Å². The monoisotopic (exact) mass is 1160 g/mol. The summed E-state index contributed by atoms with van der Waals surface area (Å²) in [6.45, 7) is 0. The fourth-order valence-electron chi connectivity index (χ4n) is 13.0. The third kappa shape index (κ3) is 8.25. The number of aryl methyl sites for hydroxylation is 1. The highest BCUT2D eigenvalue weighted by Crippen LogP contribution is 2.48. The quantitative estimate of drug-likeness (QED) is 0.141. The van der Waals surface area contributed by atoms with Crippen LogP contribution in [0.15, 0.2) is 258 Å². The second-order valence-electron chi connectivity index (χ2n) is 22.3. The molecule has 0 amide bonds. The Labute approximate surface area is 512 Å². The lowest BCUT2D eigenvalue weighted by Gasteiger charge is -2.12. The van der Waals surface area contributed by atoms with Crippen LogP contribution in [0.25, 0.3) is 182 Å². The van der Waals surface area contributed by atoms with Gasteiger partial charge in [-0.3, -0.25) is 0 Å². The van der Waals surface area contributed by atoms with Crippen LogP contribution < -0.4 is 0 Å². The molecule has 0 spiro atoms. The van der Waals surface area contributed by atoms with E-state index in [0.29, 0.717) is 40.5 Å². The minimum absolute atomic E-state index is 0.502. The number of hydrogen-bond donors (Lipinski definition) is 0. The molecule has 0 saturated carbocycles. The van der Waals surface area contributed by atoms with Crippen molar-refractivity contribution in [1.29, 1.82) is 0 Å². The summed E-state index contributed by atoms with van der Waals surface area (Å²) in [6, 6.07) is 84.3. The Hall–Kier alpha value is -11.0. The lowest BCUT2D eigenvalue weighted by atomic mass is 9.94. The third-order valence-corrected chi connectivity index (χ3v) is 19.5. The van der Waals surface area contributed by atoms with Crippen molar-refractivity contribution in [3.8, 4) is 102 Å². The van der Waals surface area contributed by atoms with E-state index in [1.54, 1.807) is 0 Å². The molecule has 17 aromatic rings. The molecule has 1 aliphatic carbocycles. The van der Waals surface area contributed by atoms with Crippen molar-refractivity contribution in [3.63, 3.8) is 0 Å². The molecule has 0 atom stereocenters. The number of furan rings is 2. The molecule has 88 heavy (non-hydrogen) atoms. The van der Waals surface area contributed by atoms with Gasteiger partial charge in [-0.05, 0) is 83.1 Å². The van der Waals surface area contributed by atoms with Crippen molar-refractivity contribution in [2.45, 2.75) is 12.8 Å². The molecular weight excluding hydrogens is 1120 g/mol. The van der Waals surface area contributed by atoms with Crippen molar-refractivity contribution >= 4 is 103 Å². The summed E-state index contributed by atoms with van der Waals surface area (Å²) in [5.41, 5.74) is 15.5. The SMILES string of the molecule is C1=Cc2c(sc3cccc(-c4cccc5c4oc4c(-c6nc(-c7ccccc7)nc(-c7cccc(-c8ccc(-c9nc(-c%10ccccc%10)nc(-c%10ccccc%10)n9)c9oc%10c(-c%11ccc%12sc%13ccccc%13c%12c%11)cccc%10c89)c7)n6)cccc45)c23)CC1. The number of fused-ring (bicyclic) bond motifs is 12. The molecule has 0 fully saturated rings. The highest BCUT2D eigenvalue weighted by molar-refractivity contribution is 7.25. The van der Waals surface area contributed by atoms with Gasteiger partial charge in [0.05, 0.1) is 11.1 Å². The first-order chi connectivity index (χ1) is 43.6. The Bertz CT molecular complexity index is 5650. The maximum absolute atomic E-state index is 7.39. The Morgan fingerprint density at radius 2 is 0.761 bits per heavy atom. The van der Waals surface area contributed by atoms with Gasteiger partial charge in [-0.15, -0.1) is 22.7 Å². The van der Waals surface area contributed by atoms with Crippen LogP contribution in [0, 0.1) is 0 Å². The number of hydrogen-bond acceptors (Lipinski definition) is 10. The molecule has 0 aliphatic heterocycles. The molecule has 0 saturated heterocycles. The van der Waals surface area contributed by atoms with Crippen molar-refractivity contribution in [2.24, 2.45) is 0 Å². The van der Waals surface area contributed by atoms with Crippen LogP contribution in [0.2, 0.25) is 0 Å². The first-order valence-electron chi connectivity index (χ1n) is 29.5. The Morgan fingerprint density at radius 1 is 0.284 bits per heavy atom. The van der Waals surface area contributed by atoms with Gasteiger partial charge < -0.3 is 8.83 Å². The van der Waals surface area contributed by atoms with E-state index >= 15 is 0 Å². The van der Waals surface area contributed by atoms with Crippen LogP contribution in [0.4, 0.5) is 0 Å². The summed E-state index contributed by atoms with van der Waals surface area (Å²) >= 11 is 3.72. The highest BCUT2D eigenvalue weighted by Gasteiger charge is 2.26. The van der Waals surface area contributed by atoms with Gasteiger partial charge in [0, 0.05) is 90.1 Å².